The van der Waals surface area contributed by atoms with Crippen molar-refractivity contribution < 1.29 is 4.79 Å². The Bertz CT molecular complexity index is 738. The first kappa shape index (κ1) is 17.7. The molecule has 1 fully saturated rings. The second kappa shape index (κ2) is 7.40. The van der Waals surface area contributed by atoms with Gasteiger partial charge in [0.05, 0.1) is 17.8 Å². The van der Waals surface area contributed by atoms with E-state index in [-0.39, 0.29) is 11.9 Å². The monoisotopic (exact) mass is 340 g/mol. The maximum Gasteiger partial charge on any atom is 0.227 e. The number of likely N-dealkylation sites (tertiary alicyclic amines) is 1. The van der Waals surface area contributed by atoms with Crippen LogP contribution in [0, 0.1) is 19.8 Å². The molecule has 1 saturated heterocycles. The van der Waals surface area contributed by atoms with Crippen molar-refractivity contribution in [1.82, 2.24) is 14.7 Å². The summed E-state index contributed by atoms with van der Waals surface area (Å²) in [6.45, 7) is 7.61. The van der Waals surface area contributed by atoms with Gasteiger partial charge in [0.25, 0.3) is 0 Å². The van der Waals surface area contributed by atoms with E-state index < -0.39 is 0 Å². The van der Waals surface area contributed by atoms with Crippen molar-refractivity contribution in [3.8, 4) is 5.69 Å². The number of amides is 1. The summed E-state index contributed by atoms with van der Waals surface area (Å²) >= 11 is 0. The van der Waals surface area contributed by atoms with Crippen molar-refractivity contribution in [2.75, 3.05) is 13.1 Å². The van der Waals surface area contributed by atoms with E-state index >= 15 is 0 Å². The molecule has 1 aromatic carbocycles. The van der Waals surface area contributed by atoms with E-state index in [1.54, 1.807) is 0 Å². The summed E-state index contributed by atoms with van der Waals surface area (Å²) in [5.41, 5.74) is 9.92. The molecule has 2 unspecified atom stereocenters. The predicted octanol–water partition coefficient (Wildman–Crippen LogP) is 2.62. The number of nitrogens with two attached hydrogens (primary N) is 1. The summed E-state index contributed by atoms with van der Waals surface area (Å²) in [4.78, 5) is 14.9. The first-order valence-corrected chi connectivity index (χ1v) is 9.11. The first-order chi connectivity index (χ1) is 12.0. The minimum absolute atomic E-state index is 0.168. The van der Waals surface area contributed by atoms with Gasteiger partial charge in [-0.25, -0.2) is 4.68 Å². The number of hydrogen-bond acceptors (Lipinski definition) is 3. The number of hydrogen-bond donors (Lipinski definition) is 1. The largest absolute Gasteiger partial charge is 0.338 e. The Morgan fingerprint density at radius 3 is 2.68 bits per heavy atom. The number of nitrogens with zero attached hydrogens (tertiary/aromatic N) is 3. The van der Waals surface area contributed by atoms with E-state index in [2.05, 4.69) is 12.0 Å². The lowest BCUT2D eigenvalue weighted by molar-refractivity contribution is -0.134. The number of benzene rings is 1. The number of aryl methyl sites for hydroxylation is 1. The smallest absolute Gasteiger partial charge is 0.227 e. The Morgan fingerprint density at radius 2 is 2.00 bits per heavy atom. The Hall–Kier alpha value is -2.14. The molecule has 0 radical (unpaired) electrons. The van der Waals surface area contributed by atoms with Crippen molar-refractivity contribution in [2.24, 2.45) is 11.7 Å². The second-order valence-electron chi connectivity index (χ2n) is 7.18. The molecule has 2 N–H and O–H groups in total. The van der Waals surface area contributed by atoms with Crippen molar-refractivity contribution in [2.45, 2.75) is 46.1 Å². The quantitative estimate of drug-likeness (QED) is 0.930. The third kappa shape index (κ3) is 3.61. The van der Waals surface area contributed by atoms with Gasteiger partial charge in [-0.2, -0.15) is 5.10 Å². The molecule has 25 heavy (non-hydrogen) atoms. The number of carbonyl (C=O) groups excluding carboxylic acids is 1. The molecule has 1 amide bonds. The molecule has 1 aliphatic rings. The Labute approximate surface area is 149 Å². The van der Waals surface area contributed by atoms with Crippen LogP contribution in [0.2, 0.25) is 0 Å². The summed E-state index contributed by atoms with van der Waals surface area (Å²) < 4.78 is 1.93. The molecule has 0 aliphatic carbocycles. The molecule has 5 heteroatoms. The normalized spacial score (nSPS) is 20.7. The highest BCUT2D eigenvalue weighted by molar-refractivity contribution is 5.80. The van der Waals surface area contributed by atoms with E-state index in [1.807, 2.05) is 53.8 Å². The topological polar surface area (TPSA) is 64.2 Å². The zero-order chi connectivity index (χ0) is 18.0. The van der Waals surface area contributed by atoms with Crippen LogP contribution in [0.5, 0.6) is 0 Å². The fraction of sp³-hybridized carbons (Fsp3) is 0.500. The molecule has 3 rings (SSSR count). The van der Waals surface area contributed by atoms with Gasteiger partial charge in [-0.05, 0) is 44.7 Å². The van der Waals surface area contributed by atoms with Crippen LogP contribution in [0.25, 0.3) is 5.69 Å². The highest BCUT2D eigenvalue weighted by Gasteiger charge is 2.29. The van der Waals surface area contributed by atoms with Crippen LogP contribution < -0.4 is 5.73 Å². The molecular weight excluding hydrogens is 312 g/mol. The number of carbonyl (C=O) groups is 1. The Kier molecular flexibility index (Phi) is 5.23. The van der Waals surface area contributed by atoms with Crippen molar-refractivity contribution in [3.05, 3.63) is 47.3 Å². The molecule has 0 saturated carbocycles. The molecule has 1 aromatic heterocycles. The SMILES string of the molecule is Cc1nn(-c2ccccc2)c(C)c1CC(=O)N1CCC(C)CC1CN. The van der Waals surface area contributed by atoms with Gasteiger partial charge in [0.1, 0.15) is 0 Å². The van der Waals surface area contributed by atoms with Gasteiger partial charge < -0.3 is 10.6 Å². The van der Waals surface area contributed by atoms with Gasteiger partial charge in [0.15, 0.2) is 0 Å². The summed E-state index contributed by atoms with van der Waals surface area (Å²) in [7, 11) is 0. The van der Waals surface area contributed by atoms with Crippen molar-refractivity contribution in [1.29, 1.82) is 0 Å². The Balaban J connectivity index is 1.81. The molecular formula is C20H28N4O. The average molecular weight is 340 g/mol. The molecule has 5 nitrogen and oxygen atoms in total. The molecule has 2 aromatic rings. The van der Waals surface area contributed by atoms with Crippen LogP contribution in [0.4, 0.5) is 0 Å². The standard InChI is InChI=1S/C20H28N4O/c1-14-9-10-23(18(11-14)13-21)20(25)12-19-15(2)22-24(16(19)3)17-7-5-4-6-8-17/h4-8,14,18H,9-13,21H2,1-3H3. The first-order valence-electron chi connectivity index (χ1n) is 9.11. The van der Waals surface area contributed by atoms with E-state index in [9.17, 15) is 4.79 Å². The summed E-state index contributed by atoms with van der Waals surface area (Å²) in [6, 6.07) is 10.2. The van der Waals surface area contributed by atoms with E-state index in [0.29, 0.717) is 18.9 Å². The van der Waals surface area contributed by atoms with Crippen LogP contribution in [0.3, 0.4) is 0 Å². The fourth-order valence-corrected chi connectivity index (χ4v) is 3.81. The number of rotatable bonds is 4. The minimum atomic E-state index is 0.168. The third-order valence-corrected chi connectivity index (χ3v) is 5.34. The number of piperidine rings is 1. The van der Waals surface area contributed by atoms with Gasteiger partial charge in [-0.15, -0.1) is 0 Å². The number of para-hydroxylation sites is 1. The number of aromatic nitrogens is 2. The van der Waals surface area contributed by atoms with Crippen LogP contribution in [-0.2, 0) is 11.2 Å². The van der Waals surface area contributed by atoms with Crippen molar-refractivity contribution in [3.63, 3.8) is 0 Å². The average Bonchev–Trinajstić information content (AvgIpc) is 2.90. The van der Waals surface area contributed by atoms with Crippen LogP contribution in [-0.4, -0.2) is 39.7 Å². The molecule has 0 bridgehead atoms. The molecule has 0 spiro atoms. The predicted molar refractivity (Wildman–Crippen MR) is 99.7 cm³/mol. The maximum absolute atomic E-state index is 12.9. The lowest BCUT2D eigenvalue weighted by atomic mass is 9.92. The highest BCUT2D eigenvalue weighted by atomic mass is 16.2. The van der Waals surface area contributed by atoms with Crippen molar-refractivity contribution >= 4 is 5.91 Å². The molecule has 134 valence electrons. The van der Waals surface area contributed by atoms with Gasteiger partial charge in [0, 0.05) is 30.4 Å². The van der Waals surface area contributed by atoms with Gasteiger partial charge in [-0.1, -0.05) is 25.1 Å². The van der Waals surface area contributed by atoms with Crippen LogP contribution in [0.1, 0.15) is 36.7 Å². The lowest BCUT2D eigenvalue weighted by Crippen LogP contribution is -2.49. The fourth-order valence-electron chi connectivity index (χ4n) is 3.81. The second-order valence-corrected chi connectivity index (χ2v) is 7.18. The maximum atomic E-state index is 12.9. The summed E-state index contributed by atoms with van der Waals surface area (Å²) in [6.07, 6.45) is 2.46. The van der Waals surface area contributed by atoms with Gasteiger partial charge >= 0.3 is 0 Å². The zero-order valence-corrected chi connectivity index (χ0v) is 15.4. The molecule has 1 aliphatic heterocycles. The summed E-state index contributed by atoms with van der Waals surface area (Å²) in [5, 5.41) is 4.65. The third-order valence-electron chi connectivity index (χ3n) is 5.34. The van der Waals surface area contributed by atoms with Crippen LogP contribution in [0.15, 0.2) is 30.3 Å². The van der Waals surface area contributed by atoms with E-state index in [4.69, 9.17) is 5.73 Å². The lowest BCUT2D eigenvalue weighted by Gasteiger charge is -2.38. The molecule has 2 atom stereocenters. The van der Waals surface area contributed by atoms with Gasteiger partial charge in [0.2, 0.25) is 5.91 Å². The van der Waals surface area contributed by atoms with Gasteiger partial charge in [-0.3, -0.25) is 4.79 Å². The zero-order valence-electron chi connectivity index (χ0n) is 15.4. The highest BCUT2D eigenvalue weighted by Crippen LogP contribution is 2.24. The minimum Gasteiger partial charge on any atom is -0.338 e. The Morgan fingerprint density at radius 1 is 1.28 bits per heavy atom. The van der Waals surface area contributed by atoms with Crippen LogP contribution >= 0.6 is 0 Å². The summed E-state index contributed by atoms with van der Waals surface area (Å²) in [5.74, 6) is 0.808. The van der Waals surface area contributed by atoms with E-state index in [0.717, 1.165) is 42.0 Å². The molecule has 2 heterocycles. The van der Waals surface area contributed by atoms with E-state index in [1.165, 1.54) is 0 Å².